The summed E-state index contributed by atoms with van der Waals surface area (Å²) in [5, 5.41) is 8.44. The first-order valence-electron chi connectivity index (χ1n) is 14.8. The average Bonchev–Trinajstić information content (AvgIpc) is 2.93. The van der Waals surface area contributed by atoms with Crippen LogP contribution in [0.25, 0.3) is 0 Å². The van der Waals surface area contributed by atoms with Gasteiger partial charge in [0.25, 0.3) is 0 Å². The second-order valence-electron chi connectivity index (χ2n) is 11.4. The van der Waals surface area contributed by atoms with Crippen LogP contribution < -0.4 is 0 Å². The summed E-state index contributed by atoms with van der Waals surface area (Å²) < 4.78 is 12.8. The number of nitrogens with zero attached hydrogens (tertiary/aromatic N) is 1. The van der Waals surface area contributed by atoms with Gasteiger partial charge in [-0.05, 0) is 118 Å². The molecule has 2 aliphatic rings. The van der Waals surface area contributed by atoms with Gasteiger partial charge < -0.3 is 0 Å². The zero-order chi connectivity index (χ0) is 25.6. The van der Waals surface area contributed by atoms with Crippen molar-refractivity contribution >= 4 is 0 Å². The summed E-state index contributed by atoms with van der Waals surface area (Å²) in [4.78, 5) is 0. The van der Waals surface area contributed by atoms with E-state index in [-0.39, 0.29) is 0 Å². The monoisotopic (exact) mass is 489 g/mol. The third kappa shape index (κ3) is 9.38. The van der Waals surface area contributed by atoms with Crippen molar-refractivity contribution in [2.45, 2.75) is 116 Å². The standard InChI is InChI=1S/C34H48FN/c1-3-4-5-6-8-11-29-16-20-32(21-17-29)33-24-22-31(23-25-33)27(2)30-18-14-28(15-19-30)12-9-7-10-13-34(35)26-36/h7,10,13,16-17,20-21,28,30-31,33H,2-6,8-9,11-12,14-15,18-19,22-25H2,1H3/b10-7+,34-13-/t28-,30-,31-,33-. The van der Waals surface area contributed by atoms with Gasteiger partial charge in [0.2, 0.25) is 0 Å². The Morgan fingerprint density at radius 3 is 2.22 bits per heavy atom. The Bertz CT molecular complexity index is 871. The third-order valence-corrected chi connectivity index (χ3v) is 8.87. The second-order valence-corrected chi connectivity index (χ2v) is 11.4. The molecule has 0 aromatic heterocycles. The van der Waals surface area contributed by atoms with Gasteiger partial charge in [-0.15, -0.1) is 0 Å². The first kappa shape index (κ1) is 28.4. The minimum absolute atomic E-state index is 0.711. The lowest BCUT2D eigenvalue weighted by Gasteiger charge is -2.36. The summed E-state index contributed by atoms with van der Waals surface area (Å²) in [5.41, 5.74) is 4.60. The van der Waals surface area contributed by atoms with Crippen molar-refractivity contribution in [3.8, 4) is 6.07 Å². The van der Waals surface area contributed by atoms with Gasteiger partial charge in [0, 0.05) is 0 Å². The van der Waals surface area contributed by atoms with E-state index < -0.39 is 5.83 Å². The second kappa shape index (κ2) is 15.9. The van der Waals surface area contributed by atoms with Crippen LogP contribution in [0.5, 0.6) is 0 Å². The highest BCUT2D eigenvalue weighted by Crippen LogP contribution is 2.44. The number of allylic oxidation sites excluding steroid dienone is 5. The van der Waals surface area contributed by atoms with E-state index in [9.17, 15) is 4.39 Å². The smallest absolute Gasteiger partial charge is 0.195 e. The van der Waals surface area contributed by atoms with Gasteiger partial charge in [0.15, 0.2) is 5.83 Å². The van der Waals surface area contributed by atoms with Gasteiger partial charge in [-0.1, -0.05) is 81.2 Å². The van der Waals surface area contributed by atoms with Gasteiger partial charge in [-0.3, -0.25) is 0 Å². The summed E-state index contributed by atoms with van der Waals surface area (Å²) in [7, 11) is 0. The molecule has 2 heteroatoms. The van der Waals surface area contributed by atoms with E-state index in [1.165, 1.54) is 114 Å². The Kier molecular flexibility index (Phi) is 12.5. The number of hydrogen-bond donors (Lipinski definition) is 0. The van der Waals surface area contributed by atoms with E-state index in [1.54, 1.807) is 17.2 Å². The third-order valence-electron chi connectivity index (χ3n) is 8.87. The molecule has 0 unspecified atom stereocenters. The first-order valence-corrected chi connectivity index (χ1v) is 14.8. The fraction of sp³-hybridized carbons (Fsp3) is 0.618. The molecule has 1 aromatic rings. The molecule has 0 bridgehead atoms. The van der Waals surface area contributed by atoms with Crippen molar-refractivity contribution in [3.63, 3.8) is 0 Å². The van der Waals surface area contributed by atoms with Gasteiger partial charge in [-0.2, -0.15) is 9.65 Å². The zero-order valence-electron chi connectivity index (χ0n) is 22.7. The maximum Gasteiger partial charge on any atom is 0.199 e. The Labute approximate surface area is 220 Å². The van der Waals surface area contributed by atoms with Crippen LogP contribution in [0.1, 0.15) is 120 Å². The minimum atomic E-state index is -0.722. The van der Waals surface area contributed by atoms with Crippen LogP contribution in [0.3, 0.4) is 0 Å². The molecule has 0 N–H and O–H groups in total. The minimum Gasteiger partial charge on any atom is -0.195 e. The molecule has 0 saturated heterocycles. The molecule has 0 amide bonds. The SMILES string of the molecule is C=C([C@H]1CC[C@H](CC/C=C/C=C(\F)C#N)CC1)[C@H]1CC[C@H](c2ccc(CCCCCCC)cc2)CC1. The number of benzene rings is 1. The molecule has 0 aliphatic heterocycles. The van der Waals surface area contributed by atoms with Crippen LogP contribution in [-0.4, -0.2) is 0 Å². The molecule has 2 aliphatic carbocycles. The summed E-state index contributed by atoms with van der Waals surface area (Å²) in [6.45, 7) is 6.89. The fourth-order valence-corrected chi connectivity index (χ4v) is 6.46. The molecular formula is C34H48FN. The van der Waals surface area contributed by atoms with Crippen LogP contribution in [0.2, 0.25) is 0 Å². The largest absolute Gasteiger partial charge is 0.199 e. The Morgan fingerprint density at radius 1 is 0.944 bits per heavy atom. The highest BCUT2D eigenvalue weighted by molar-refractivity contribution is 5.26. The van der Waals surface area contributed by atoms with E-state index in [0.717, 1.165) is 24.2 Å². The number of halogens is 1. The Balaban J connectivity index is 1.34. The Morgan fingerprint density at radius 2 is 1.58 bits per heavy atom. The summed E-state index contributed by atoms with van der Waals surface area (Å²) in [6, 6.07) is 11.1. The van der Waals surface area contributed by atoms with Gasteiger partial charge in [0.05, 0.1) is 0 Å². The molecule has 0 atom stereocenters. The normalized spacial score (nSPS) is 25.1. The number of rotatable bonds is 13. The van der Waals surface area contributed by atoms with Gasteiger partial charge >= 0.3 is 0 Å². The Hall–Kier alpha value is -2.14. The van der Waals surface area contributed by atoms with Crippen molar-refractivity contribution in [1.82, 2.24) is 0 Å². The quantitative estimate of drug-likeness (QED) is 0.117. The summed E-state index contributed by atoms with van der Waals surface area (Å²) >= 11 is 0. The molecule has 36 heavy (non-hydrogen) atoms. The van der Waals surface area contributed by atoms with Crippen LogP contribution >= 0.6 is 0 Å². The number of aryl methyl sites for hydroxylation is 1. The lowest BCUT2D eigenvalue weighted by Crippen LogP contribution is -2.22. The van der Waals surface area contributed by atoms with Gasteiger partial charge in [-0.25, -0.2) is 0 Å². The average molecular weight is 490 g/mol. The number of nitriles is 1. The topological polar surface area (TPSA) is 23.8 Å². The van der Waals surface area contributed by atoms with Crippen molar-refractivity contribution < 1.29 is 4.39 Å². The molecule has 2 fully saturated rings. The molecule has 3 rings (SSSR count). The molecular weight excluding hydrogens is 441 g/mol. The molecule has 0 spiro atoms. The lowest BCUT2D eigenvalue weighted by atomic mass is 9.69. The van der Waals surface area contributed by atoms with Crippen LogP contribution in [-0.2, 0) is 6.42 Å². The van der Waals surface area contributed by atoms with E-state index in [2.05, 4.69) is 37.8 Å². The van der Waals surface area contributed by atoms with Crippen molar-refractivity contribution in [2.75, 3.05) is 0 Å². The number of hydrogen-bond acceptors (Lipinski definition) is 1. The molecule has 196 valence electrons. The summed E-state index contributed by atoms with van der Waals surface area (Å²) in [5.74, 6) is 2.21. The molecule has 0 heterocycles. The maximum absolute atomic E-state index is 12.8. The van der Waals surface area contributed by atoms with E-state index in [1.807, 2.05) is 6.08 Å². The molecule has 1 aromatic carbocycles. The predicted octanol–water partition coefficient (Wildman–Crippen LogP) is 10.5. The van der Waals surface area contributed by atoms with Crippen LogP contribution in [0, 0.1) is 29.1 Å². The highest BCUT2D eigenvalue weighted by atomic mass is 19.1. The van der Waals surface area contributed by atoms with E-state index in [0.29, 0.717) is 5.92 Å². The maximum atomic E-state index is 12.8. The zero-order valence-corrected chi connectivity index (χ0v) is 22.7. The van der Waals surface area contributed by atoms with Gasteiger partial charge in [0.1, 0.15) is 6.07 Å². The first-order chi connectivity index (χ1) is 17.6. The highest BCUT2D eigenvalue weighted by Gasteiger charge is 2.29. The predicted molar refractivity (Wildman–Crippen MR) is 151 cm³/mol. The molecule has 2 saturated carbocycles. The van der Waals surface area contributed by atoms with Crippen LogP contribution in [0.4, 0.5) is 4.39 Å². The number of unbranched alkanes of at least 4 members (excludes halogenated alkanes) is 4. The van der Waals surface area contributed by atoms with Crippen molar-refractivity contribution in [1.29, 1.82) is 5.26 Å². The van der Waals surface area contributed by atoms with E-state index >= 15 is 0 Å². The fourth-order valence-electron chi connectivity index (χ4n) is 6.46. The summed E-state index contributed by atoms with van der Waals surface area (Å²) in [6.07, 6.45) is 25.4. The van der Waals surface area contributed by atoms with Crippen molar-refractivity contribution in [2.24, 2.45) is 17.8 Å². The lowest BCUT2D eigenvalue weighted by molar-refractivity contribution is 0.260. The molecule has 0 radical (unpaired) electrons. The van der Waals surface area contributed by atoms with Crippen LogP contribution in [0.15, 0.2) is 60.5 Å². The molecule has 1 nitrogen and oxygen atoms in total. The van der Waals surface area contributed by atoms with Crippen molar-refractivity contribution in [3.05, 3.63) is 71.6 Å². The van der Waals surface area contributed by atoms with E-state index in [4.69, 9.17) is 5.26 Å².